The number of rotatable bonds is 2. The topological polar surface area (TPSA) is 46.0 Å². The van der Waals surface area contributed by atoms with Gasteiger partial charge < -0.3 is 5.11 Å². The van der Waals surface area contributed by atoms with Gasteiger partial charge in [-0.3, -0.25) is 0 Å². The Morgan fingerprint density at radius 2 is 1.95 bits per heavy atom. The van der Waals surface area contributed by atoms with Crippen LogP contribution in [0, 0.1) is 12.3 Å². The first-order valence-electron chi connectivity index (χ1n) is 7.82. The molecule has 1 atom stereocenters. The fourth-order valence-electron chi connectivity index (χ4n) is 3.28. The van der Waals surface area contributed by atoms with Gasteiger partial charge in [-0.15, -0.1) is 11.3 Å². The van der Waals surface area contributed by atoms with Crippen molar-refractivity contribution in [1.29, 1.82) is 0 Å². The van der Waals surface area contributed by atoms with Gasteiger partial charge in [-0.25, -0.2) is 9.97 Å². The summed E-state index contributed by atoms with van der Waals surface area (Å²) in [5.41, 5.74) is 1.27. The summed E-state index contributed by atoms with van der Waals surface area (Å²) >= 11 is 1.79. The third-order valence-corrected chi connectivity index (χ3v) is 5.88. The van der Waals surface area contributed by atoms with Gasteiger partial charge in [0, 0.05) is 10.3 Å². The Hall–Kier alpha value is -1.00. The van der Waals surface area contributed by atoms with Crippen LogP contribution in [0.1, 0.15) is 74.9 Å². The minimum atomic E-state index is -0.540. The molecule has 4 heteroatoms. The van der Waals surface area contributed by atoms with E-state index in [4.69, 9.17) is 0 Å². The number of hydrogen-bond acceptors (Lipinski definition) is 4. The highest BCUT2D eigenvalue weighted by molar-refractivity contribution is 7.18. The molecule has 0 radical (unpaired) electrons. The molecule has 2 aromatic heterocycles. The predicted molar refractivity (Wildman–Crippen MR) is 87.8 cm³/mol. The molecule has 1 N–H and O–H groups in total. The summed E-state index contributed by atoms with van der Waals surface area (Å²) in [5, 5.41) is 11.0. The van der Waals surface area contributed by atoms with Crippen LogP contribution in [0.3, 0.4) is 0 Å². The standard InChI is InChI=1S/C17H24N2OS/c1-10(20)15-13-9-14(21-16(13)19-11(2)18-15)12-5-7-17(3,4)8-6-12/h9-10,12,20H,5-8H2,1-4H3/t10-/m1/s1. The Labute approximate surface area is 130 Å². The average molecular weight is 304 g/mol. The third kappa shape index (κ3) is 2.97. The molecule has 0 aromatic carbocycles. The van der Waals surface area contributed by atoms with Gasteiger partial charge >= 0.3 is 0 Å². The van der Waals surface area contributed by atoms with Gasteiger partial charge in [0.1, 0.15) is 10.7 Å². The maximum atomic E-state index is 9.95. The fraction of sp³-hybridized carbons (Fsp3) is 0.647. The van der Waals surface area contributed by atoms with Gasteiger partial charge in [-0.2, -0.15) is 0 Å². The van der Waals surface area contributed by atoms with E-state index < -0.39 is 6.10 Å². The summed E-state index contributed by atoms with van der Waals surface area (Å²) in [5.74, 6) is 1.40. The number of fused-ring (bicyclic) bond motifs is 1. The molecular weight excluding hydrogens is 280 g/mol. The van der Waals surface area contributed by atoms with E-state index in [1.54, 1.807) is 18.3 Å². The lowest BCUT2D eigenvalue weighted by Crippen LogP contribution is -2.19. The molecule has 1 aliphatic rings. The minimum absolute atomic E-state index is 0.494. The highest BCUT2D eigenvalue weighted by Gasteiger charge is 2.29. The maximum Gasteiger partial charge on any atom is 0.127 e. The Kier molecular flexibility index (Phi) is 3.78. The molecule has 0 bridgehead atoms. The number of aliphatic hydroxyl groups is 1. The van der Waals surface area contributed by atoms with Crippen molar-refractivity contribution in [3.63, 3.8) is 0 Å². The average Bonchev–Trinajstić information content (AvgIpc) is 2.80. The molecule has 21 heavy (non-hydrogen) atoms. The summed E-state index contributed by atoms with van der Waals surface area (Å²) in [4.78, 5) is 11.4. The zero-order valence-corrected chi connectivity index (χ0v) is 14.1. The number of hydrogen-bond donors (Lipinski definition) is 1. The molecule has 1 fully saturated rings. The number of thiophene rings is 1. The quantitative estimate of drug-likeness (QED) is 0.872. The molecule has 0 amide bonds. The Bertz CT molecular complexity index is 650. The van der Waals surface area contributed by atoms with Crippen LogP contribution in [0.2, 0.25) is 0 Å². The highest BCUT2D eigenvalue weighted by Crippen LogP contribution is 2.45. The number of aliphatic hydroxyl groups excluding tert-OH is 1. The van der Waals surface area contributed by atoms with Gasteiger partial charge in [0.2, 0.25) is 0 Å². The molecule has 3 nitrogen and oxygen atoms in total. The van der Waals surface area contributed by atoms with Gasteiger partial charge in [-0.1, -0.05) is 13.8 Å². The zero-order valence-electron chi connectivity index (χ0n) is 13.3. The number of aromatic nitrogens is 2. The van der Waals surface area contributed by atoms with Crippen molar-refractivity contribution in [3.8, 4) is 0 Å². The second-order valence-corrected chi connectivity index (χ2v) is 8.20. The lowest BCUT2D eigenvalue weighted by molar-refractivity contribution is 0.196. The van der Waals surface area contributed by atoms with E-state index in [1.165, 1.54) is 30.6 Å². The van der Waals surface area contributed by atoms with Crippen LogP contribution < -0.4 is 0 Å². The number of aryl methyl sites for hydroxylation is 1. The van der Waals surface area contributed by atoms with Crippen LogP contribution >= 0.6 is 11.3 Å². The normalized spacial score (nSPS) is 20.8. The molecule has 0 aliphatic heterocycles. The SMILES string of the molecule is Cc1nc([C@@H](C)O)c2cc(C3CCC(C)(C)CC3)sc2n1. The van der Waals surface area contributed by atoms with Crippen LogP contribution in [-0.4, -0.2) is 15.1 Å². The van der Waals surface area contributed by atoms with Crippen LogP contribution in [0.25, 0.3) is 10.2 Å². The molecule has 0 unspecified atom stereocenters. The Morgan fingerprint density at radius 1 is 1.29 bits per heavy atom. The summed E-state index contributed by atoms with van der Waals surface area (Å²) in [6, 6.07) is 2.23. The molecule has 1 saturated carbocycles. The van der Waals surface area contributed by atoms with E-state index in [0.29, 0.717) is 11.3 Å². The van der Waals surface area contributed by atoms with E-state index in [1.807, 2.05) is 6.92 Å². The van der Waals surface area contributed by atoms with Gasteiger partial charge in [-0.05, 0) is 56.9 Å². The van der Waals surface area contributed by atoms with E-state index in [2.05, 4.69) is 29.9 Å². The maximum absolute atomic E-state index is 9.95. The first kappa shape index (κ1) is 14.9. The Balaban J connectivity index is 1.96. The largest absolute Gasteiger partial charge is 0.387 e. The van der Waals surface area contributed by atoms with E-state index in [-0.39, 0.29) is 0 Å². The third-order valence-electron chi connectivity index (χ3n) is 4.69. The van der Waals surface area contributed by atoms with Crippen LogP contribution in [0.15, 0.2) is 6.07 Å². The molecule has 1 aliphatic carbocycles. The summed E-state index contributed by atoms with van der Waals surface area (Å²) in [7, 11) is 0. The molecule has 0 spiro atoms. The summed E-state index contributed by atoms with van der Waals surface area (Å²) < 4.78 is 0. The van der Waals surface area contributed by atoms with Crippen LogP contribution in [-0.2, 0) is 0 Å². The first-order valence-corrected chi connectivity index (χ1v) is 8.63. The minimum Gasteiger partial charge on any atom is -0.387 e. The second-order valence-electron chi connectivity index (χ2n) is 7.14. The van der Waals surface area contributed by atoms with Crippen molar-refractivity contribution in [2.75, 3.05) is 0 Å². The van der Waals surface area contributed by atoms with Crippen molar-refractivity contribution in [2.24, 2.45) is 5.41 Å². The molecule has 114 valence electrons. The van der Waals surface area contributed by atoms with E-state index in [0.717, 1.165) is 21.7 Å². The summed E-state index contributed by atoms with van der Waals surface area (Å²) in [6.07, 6.45) is 4.56. The fourth-order valence-corrected chi connectivity index (χ4v) is 4.53. The van der Waals surface area contributed by atoms with Gasteiger partial charge in [0.05, 0.1) is 11.8 Å². The lowest BCUT2D eigenvalue weighted by Gasteiger charge is -2.33. The van der Waals surface area contributed by atoms with E-state index in [9.17, 15) is 5.11 Å². The summed E-state index contributed by atoms with van der Waals surface area (Å²) in [6.45, 7) is 8.42. The second kappa shape index (κ2) is 5.33. The molecular formula is C17H24N2OS. The Morgan fingerprint density at radius 3 is 2.57 bits per heavy atom. The predicted octanol–water partition coefficient (Wildman–Crippen LogP) is 4.74. The van der Waals surface area contributed by atoms with Crippen molar-refractivity contribution in [3.05, 3.63) is 22.5 Å². The van der Waals surface area contributed by atoms with Gasteiger partial charge in [0.25, 0.3) is 0 Å². The number of nitrogens with zero attached hydrogens (tertiary/aromatic N) is 2. The van der Waals surface area contributed by atoms with Crippen molar-refractivity contribution in [2.45, 2.75) is 65.4 Å². The molecule has 2 aromatic rings. The monoisotopic (exact) mass is 304 g/mol. The first-order chi connectivity index (χ1) is 9.85. The zero-order chi connectivity index (χ0) is 15.2. The lowest BCUT2D eigenvalue weighted by atomic mass is 9.73. The molecule has 3 rings (SSSR count). The van der Waals surface area contributed by atoms with Crippen molar-refractivity contribution >= 4 is 21.6 Å². The molecule has 2 heterocycles. The van der Waals surface area contributed by atoms with Crippen LogP contribution in [0.5, 0.6) is 0 Å². The van der Waals surface area contributed by atoms with Crippen molar-refractivity contribution < 1.29 is 5.11 Å². The smallest absolute Gasteiger partial charge is 0.127 e. The van der Waals surface area contributed by atoms with Crippen molar-refractivity contribution in [1.82, 2.24) is 9.97 Å². The highest BCUT2D eigenvalue weighted by atomic mass is 32.1. The van der Waals surface area contributed by atoms with Gasteiger partial charge in [0.15, 0.2) is 0 Å². The van der Waals surface area contributed by atoms with E-state index >= 15 is 0 Å². The molecule has 0 saturated heterocycles. The van der Waals surface area contributed by atoms with Crippen LogP contribution in [0.4, 0.5) is 0 Å².